The van der Waals surface area contributed by atoms with Gasteiger partial charge >= 0.3 is 6.09 Å². The van der Waals surface area contributed by atoms with Crippen LogP contribution in [0.15, 0.2) is 24.5 Å². The van der Waals surface area contributed by atoms with Crippen LogP contribution in [0.1, 0.15) is 20.8 Å². The monoisotopic (exact) mass is 497 g/mol. The van der Waals surface area contributed by atoms with E-state index in [0.29, 0.717) is 59.7 Å². The largest absolute Gasteiger partial charge is 0.472 e. The summed E-state index contributed by atoms with van der Waals surface area (Å²) in [5, 5.41) is 8.81. The number of hydrogen-bond donors (Lipinski definition) is 0. The first-order chi connectivity index (χ1) is 16.7. The molecule has 2 saturated heterocycles. The maximum absolute atomic E-state index is 12.6. The summed E-state index contributed by atoms with van der Waals surface area (Å²) >= 11 is 6.38. The number of likely N-dealkylation sites (tertiary alicyclic amines) is 1. The molecule has 2 bridgehead atoms. The van der Waals surface area contributed by atoms with Gasteiger partial charge in [0.05, 0.1) is 30.5 Å². The highest BCUT2D eigenvalue weighted by Gasteiger charge is 2.44. The quantitative estimate of drug-likeness (QED) is 0.504. The Morgan fingerprint density at radius 2 is 1.97 bits per heavy atom. The van der Waals surface area contributed by atoms with E-state index in [1.54, 1.807) is 23.1 Å². The molecule has 1 aromatic carbocycles. The minimum Gasteiger partial charge on any atom is -0.472 e. The number of nitrogens with zero attached hydrogens (tertiary/aromatic N) is 7. The molecule has 182 valence electrons. The fourth-order valence-electron chi connectivity index (χ4n) is 4.41. The second-order valence-electron chi connectivity index (χ2n) is 9.63. The number of rotatable bonds is 3. The van der Waals surface area contributed by atoms with Crippen molar-refractivity contribution in [3.05, 3.63) is 41.0 Å². The van der Waals surface area contributed by atoms with E-state index in [4.69, 9.17) is 32.4 Å². The Hall–Kier alpha value is -3.49. The normalized spacial score (nSPS) is 22.0. The van der Waals surface area contributed by atoms with Crippen molar-refractivity contribution < 1.29 is 19.0 Å². The molecule has 11 nitrogen and oxygen atoms in total. The Balaban J connectivity index is 1.40. The number of fused-ring (bicyclic) bond motifs is 3. The van der Waals surface area contributed by atoms with Crippen molar-refractivity contribution in [1.82, 2.24) is 29.9 Å². The number of carbonyl (C=O) groups excluding carboxylic acids is 1. The molecule has 2 aliphatic rings. The van der Waals surface area contributed by atoms with Crippen molar-refractivity contribution in [2.45, 2.75) is 32.5 Å². The number of piperidine rings is 1. The lowest BCUT2D eigenvalue weighted by molar-refractivity contribution is -0.112. The van der Waals surface area contributed by atoms with Crippen molar-refractivity contribution in [2.24, 2.45) is 11.8 Å². The van der Waals surface area contributed by atoms with Crippen molar-refractivity contribution in [1.29, 1.82) is 0 Å². The second-order valence-corrected chi connectivity index (χ2v) is 10.0. The molecule has 4 heterocycles. The number of benzene rings is 1. The van der Waals surface area contributed by atoms with Crippen LogP contribution in [0.5, 0.6) is 5.88 Å². The van der Waals surface area contributed by atoms with Crippen LogP contribution < -0.4 is 4.74 Å². The summed E-state index contributed by atoms with van der Waals surface area (Å²) < 4.78 is 19.2. The van der Waals surface area contributed by atoms with E-state index in [9.17, 15) is 4.79 Å². The van der Waals surface area contributed by atoms with Crippen LogP contribution in [0.4, 0.5) is 10.5 Å². The van der Waals surface area contributed by atoms with Gasteiger partial charge in [0.25, 0.3) is 0 Å². The van der Waals surface area contributed by atoms with Gasteiger partial charge in [0, 0.05) is 24.9 Å². The summed E-state index contributed by atoms with van der Waals surface area (Å²) in [7, 11) is 0. The fourth-order valence-corrected chi connectivity index (χ4v) is 4.66. The summed E-state index contributed by atoms with van der Waals surface area (Å²) in [6.45, 7) is 14.5. The molecule has 35 heavy (non-hydrogen) atoms. The van der Waals surface area contributed by atoms with Crippen LogP contribution in [0.3, 0.4) is 0 Å². The SMILES string of the molecule is [C-]#[N+]c1ccc(-n2nnc3c(OC4C5COCC4CN(C(=O)OC(C)(C)C)C5)ncnc32)c(Cl)c1. The Morgan fingerprint density at radius 3 is 2.63 bits per heavy atom. The van der Waals surface area contributed by atoms with Crippen LogP contribution in [0.25, 0.3) is 21.7 Å². The average Bonchev–Trinajstić information content (AvgIpc) is 3.22. The number of ether oxygens (including phenoxy) is 3. The van der Waals surface area contributed by atoms with Gasteiger partial charge in [0.1, 0.15) is 18.0 Å². The van der Waals surface area contributed by atoms with E-state index >= 15 is 0 Å². The average molecular weight is 498 g/mol. The molecule has 2 aromatic heterocycles. The van der Waals surface area contributed by atoms with Gasteiger partial charge in [-0.1, -0.05) is 22.9 Å². The van der Waals surface area contributed by atoms with Gasteiger partial charge in [-0.3, -0.25) is 0 Å². The van der Waals surface area contributed by atoms with Gasteiger partial charge in [-0.25, -0.2) is 14.6 Å². The van der Waals surface area contributed by atoms with Crippen LogP contribution in [-0.4, -0.2) is 74.0 Å². The van der Waals surface area contributed by atoms with Crippen molar-refractivity contribution in [2.75, 3.05) is 26.3 Å². The number of halogens is 1. The number of hydrogen-bond acceptors (Lipinski definition) is 8. The summed E-state index contributed by atoms with van der Waals surface area (Å²) in [6, 6.07) is 4.91. The molecular formula is C23H24ClN7O4. The van der Waals surface area contributed by atoms with E-state index in [-0.39, 0.29) is 24.0 Å². The standard InChI is InChI=1S/C23H24ClN7O4/c1-23(2,3)35-22(32)30-8-13-10-33-11-14(9-30)19(13)34-21-18-20(26-12-27-21)31(29-28-18)17-6-5-15(25-4)7-16(17)24/h5-7,12-14,19H,8-11H2,1-3H3. The molecule has 5 rings (SSSR count). The summed E-state index contributed by atoms with van der Waals surface area (Å²) in [4.78, 5) is 26.4. The molecule has 2 atom stereocenters. The minimum absolute atomic E-state index is 0.0503. The van der Waals surface area contributed by atoms with Gasteiger partial charge in [0.2, 0.25) is 5.88 Å². The molecular weight excluding hydrogens is 474 g/mol. The lowest BCUT2D eigenvalue weighted by atomic mass is 9.84. The Labute approximate surface area is 206 Å². The van der Waals surface area contributed by atoms with Crippen molar-refractivity contribution in [3.63, 3.8) is 0 Å². The summed E-state index contributed by atoms with van der Waals surface area (Å²) in [6.07, 6.45) is 0.842. The van der Waals surface area contributed by atoms with Crippen LogP contribution in [0.2, 0.25) is 5.02 Å². The third-order valence-electron chi connectivity index (χ3n) is 5.90. The molecule has 1 amide bonds. The summed E-state index contributed by atoms with van der Waals surface area (Å²) in [5.41, 5.74) is 1.23. The van der Waals surface area contributed by atoms with E-state index in [1.165, 1.54) is 11.0 Å². The molecule has 0 radical (unpaired) electrons. The predicted octanol–water partition coefficient (Wildman–Crippen LogP) is 3.68. The molecule has 12 heteroatoms. The van der Waals surface area contributed by atoms with Crippen LogP contribution in [-0.2, 0) is 9.47 Å². The maximum Gasteiger partial charge on any atom is 0.410 e. The zero-order valence-electron chi connectivity index (χ0n) is 19.5. The zero-order valence-corrected chi connectivity index (χ0v) is 20.3. The lowest BCUT2D eigenvalue weighted by Crippen LogP contribution is -2.59. The van der Waals surface area contributed by atoms with Gasteiger partial charge in [0.15, 0.2) is 16.9 Å². The number of aromatic nitrogens is 5. The third-order valence-corrected chi connectivity index (χ3v) is 6.20. The zero-order chi connectivity index (χ0) is 24.7. The van der Waals surface area contributed by atoms with Gasteiger partial charge in [-0.2, -0.15) is 9.67 Å². The van der Waals surface area contributed by atoms with Crippen molar-refractivity contribution in [3.8, 4) is 11.6 Å². The van der Waals surface area contributed by atoms with E-state index < -0.39 is 5.60 Å². The van der Waals surface area contributed by atoms with E-state index in [1.807, 2.05) is 20.8 Å². The second kappa shape index (κ2) is 8.94. The highest BCUT2D eigenvalue weighted by molar-refractivity contribution is 6.32. The molecule has 3 aromatic rings. The van der Waals surface area contributed by atoms with Gasteiger partial charge < -0.3 is 19.1 Å². The van der Waals surface area contributed by atoms with Gasteiger partial charge in [-0.05, 0) is 32.9 Å². The molecule has 0 saturated carbocycles. The molecule has 2 fully saturated rings. The minimum atomic E-state index is -0.562. The van der Waals surface area contributed by atoms with E-state index in [2.05, 4.69) is 25.1 Å². The Kier molecular flexibility index (Phi) is 5.94. The topological polar surface area (TPSA) is 109 Å². The molecule has 0 aliphatic carbocycles. The highest BCUT2D eigenvalue weighted by Crippen LogP contribution is 2.34. The van der Waals surface area contributed by atoms with Crippen LogP contribution in [0, 0.1) is 18.4 Å². The Bertz CT molecular complexity index is 1300. The predicted molar refractivity (Wildman–Crippen MR) is 126 cm³/mol. The highest BCUT2D eigenvalue weighted by atomic mass is 35.5. The van der Waals surface area contributed by atoms with E-state index in [0.717, 1.165) is 0 Å². The summed E-state index contributed by atoms with van der Waals surface area (Å²) in [5.74, 6) is 0.208. The fraction of sp³-hybridized carbons (Fsp3) is 0.478. The Morgan fingerprint density at radius 1 is 1.23 bits per heavy atom. The molecule has 0 N–H and O–H groups in total. The first-order valence-electron chi connectivity index (χ1n) is 11.2. The first kappa shape index (κ1) is 23.3. The third kappa shape index (κ3) is 4.59. The number of carbonyl (C=O) groups is 1. The van der Waals surface area contributed by atoms with Gasteiger partial charge in [-0.15, -0.1) is 5.10 Å². The maximum atomic E-state index is 12.6. The number of amides is 1. The first-order valence-corrected chi connectivity index (χ1v) is 11.6. The molecule has 2 aliphatic heterocycles. The van der Waals surface area contributed by atoms with Crippen molar-refractivity contribution >= 4 is 34.5 Å². The molecule has 2 unspecified atom stereocenters. The smallest absolute Gasteiger partial charge is 0.410 e. The molecule has 0 spiro atoms. The van der Waals surface area contributed by atoms with Crippen LogP contribution >= 0.6 is 11.6 Å². The lowest BCUT2D eigenvalue weighted by Gasteiger charge is -2.46.